The first kappa shape index (κ1) is 20.3. The van der Waals surface area contributed by atoms with E-state index in [0.717, 1.165) is 0 Å². The first-order chi connectivity index (χ1) is 12.5. The van der Waals surface area contributed by atoms with Crippen LogP contribution in [0.25, 0.3) is 10.4 Å². The maximum atomic E-state index is 12.3. The van der Waals surface area contributed by atoms with E-state index >= 15 is 0 Å². The standard InChI is InChI=1S/C17H27N3O7/c1-8(2)22-14(21)9(19-20-18)7-10-11-12(25-16(3,4)24-11)13-15(23-10)27-17(5,6)26-13/h8-13,15H,7H2,1-6H3/t9-,10-,11+,12+,13-,15-/m1/s1. The summed E-state index contributed by atoms with van der Waals surface area (Å²) in [6.07, 6.45) is -2.88. The van der Waals surface area contributed by atoms with E-state index in [9.17, 15) is 4.79 Å². The highest BCUT2D eigenvalue weighted by Gasteiger charge is 2.60. The first-order valence-corrected chi connectivity index (χ1v) is 9.13. The summed E-state index contributed by atoms with van der Waals surface area (Å²) in [5.74, 6) is -2.27. The van der Waals surface area contributed by atoms with Crippen LogP contribution in [-0.4, -0.2) is 60.4 Å². The molecule has 0 N–H and O–H groups in total. The Balaban J connectivity index is 1.81. The number of nitrogens with zero attached hydrogens (tertiary/aromatic N) is 3. The topological polar surface area (TPSA) is 121 Å². The smallest absolute Gasteiger partial charge is 0.315 e. The van der Waals surface area contributed by atoms with Crippen LogP contribution in [0.3, 0.4) is 0 Å². The van der Waals surface area contributed by atoms with Crippen molar-refractivity contribution in [3.63, 3.8) is 0 Å². The molecule has 3 aliphatic heterocycles. The van der Waals surface area contributed by atoms with Crippen LogP contribution in [-0.2, 0) is 33.2 Å². The van der Waals surface area contributed by atoms with Gasteiger partial charge in [0, 0.05) is 4.91 Å². The summed E-state index contributed by atoms with van der Waals surface area (Å²) in [7, 11) is 0. The molecule has 0 aromatic heterocycles. The van der Waals surface area contributed by atoms with E-state index in [-0.39, 0.29) is 12.5 Å². The third-order valence-corrected chi connectivity index (χ3v) is 4.52. The number of carbonyl (C=O) groups is 1. The molecule has 0 aromatic carbocycles. The van der Waals surface area contributed by atoms with Gasteiger partial charge in [0.05, 0.1) is 12.2 Å². The van der Waals surface area contributed by atoms with Crippen molar-refractivity contribution in [3.05, 3.63) is 10.4 Å². The van der Waals surface area contributed by atoms with Crippen LogP contribution in [0.5, 0.6) is 0 Å². The molecular weight excluding hydrogens is 358 g/mol. The molecule has 0 aliphatic carbocycles. The summed E-state index contributed by atoms with van der Waals surface area (Å²) in [5, 5.41) is 3.59. The third-order valence-electron chi connectivity index (χ3n) is 4.52. The average Bonchev–Trinajstić information content (AvgIpc) is 3.00. The number of ether oxygens (including phenoxy) is 6. The van der Waals surface area contributed by atoms with Gasteiger partial charge in [-0.05, 0) is 53.5 Å². The van der Waals surface area contributed by atoms with E-state index in [4.69, 9.17) is 34.0 Å². The van der Waals surface area contributed by atoms with Gasteiger partial charge in [-0.2, -0.15) is 0 Å². The fourth-order valence-electron chi connectivity index (χ4n) is 3.67. The number of rotatable bonds is 5. The van der Waals surface area contributed by atoms with Crippen molar-refractivity contribution in [3.8, 4) is 0 Å². The second kappa shape index (κ2) is 7.20. The molecule has 0 bridgehead atoms. The predicted octanol–water partition coefficient (Wildman–Crippen LogP) is 2.40. The van der Waals surface area contributed by atoms with Crippen LogP contribution in [0.1, 0.15) is 48.0 Å². The van der Waals surface area contributed by atoms with Crippen LogP contribution in [0.4, 0.5) is 0 Å². The van der Waals surface area contributed by atoms with Crippen molar-refractivity contribution in [2.24, 2.45) is 5.11 Å². The van der Waals surface area contributed by atoms with Crippen molar-refractivity contribution in [2.45, 2.75) is 102 Å². The second-order valence-electron chi connectivity index (χ2n) is 8.15. The minimum atomic E-state index is -1.04. The molecule has 3 rings (SSSR count). The van der Waals surface area contributed by atoms with Crippen molar-refractivity contribution in [1.82, 2.24) is 0 Å². The molecule has 3 aliphatic rings. The molecule has 0 aromatic rings. The number of azide groups is 1. The molecule has 10 nitrogen and oxygen atoms in total. The molecule has 10 heteroatoms. The molecular formula is C17H27N3O7. The molecule has 27 heavy (non-hydrogen) atoms. The maximum absolute atomic E-state index is 12.3. The lowest BCUT2D eigenvalue weighted by Crippen LogP contribution is -2.55. The van der Waals surface area contributed by atoms with Crippen molar-refractivity contribution < 1.29 is 33.2 Å². The maximum Gasteiger partial charge on any atom is 0.315 e. The zero-order chi connectivity index (χ0) is 20.0. The van der Waals surface area contributed by atoms with Crippen molar-refractivity contribution in [1.29, 1.82) is 0 Å². The molecule has 0 spiro atoms. The molecule has 0 saturated carbocycles. The Morgan fingerprint density at radius 1 is 1.07 bits per heavy atom. The van der Waals surface area contributed by atoms with Gasteiger partial charge in [-0.25, -0.2) is 0 Å². The van der Waals surface area contributed by atoms with E-state index in [0.29, 0.717) is 0 Å². The minimum Gasteiger partial charge on any atom is -0.463 e. The Labute approximate surface area is 158 Å². The summed E-state index contributed by atoms with van der Waals surface area (Å²) in [6, 6.07) is -1.04. The fraction of sp³-hybridized carbons (Fsp3) is 0.941. The highest BCUT2D eigenvalue weighted by Crippen LogP contribution is 2.45. The average molecular weight is 385 g/mol. The quantitative estimate of drug-likeness (QED) is 0.308. The van der Waals surface area contributed by atoms with E-state index in [1.165, 1.54) is 0 Å². The Kier molecular flexibility index (Phi) is 5.42. The molecule has 3 fully saturated rings. The molecule has 152 valence electrons. The van der Waals surface area contributed by atoms with E-state index in [2.05, 4.69) is 10.0 Å². The fourth-order valence-corrected chi connectivity index (χ4v) is 3.67. The minimum absolute atomic E-state index is 0.0865. The monoisotopic (exact) mass is 385 g/mol. The number of hydrogen-bond donors (Lipinski definition) is 0. The molecule has 6 atom stereocenters. The summed E-state index contributed by atoms with van der Waals surface area (Å²) in [6.45, 7) is 10.6. The number of hydrogen-bond acceptors (Lipinski definition) is 8. The lowest BCUT2D eigenvalue weighted by atomic mass is 9.94. The van der Waals surface area contributed by atoms with E-state index in [1.54, 1.807) is 41.5 Å². The van der Waals surface area contributed by atoms with Crippen molar-refractivity contribution >= 4 is 5.97 Å². The van der Waals surface area contributed by atoms with Gasteiger partial charge in [0.2, 0.25) is 0 Å². The molecule has 3 heterocycles. The Morgan fingerprint density at radius 3 is 2.30 bits per heavy atom. The van der Waals surface area contributed by atoms with Gasteiger partial charge < -0.3 is 28.4 Å². The molecule has 3 saturated heterocycles. The second-order valence-corrected chi connectivity index (χ2v) is 8.15. The van der Waals surface area contributed by atoms with Crippen LogP contribution in [0, 0.1) is 0 Å². The zero-order valence-corrected chi connectivity index (χ0v) is 16.4. The number of esters is 1. The van der Waals surface area contributed by atoms with Gasteiger partial charge in [-0.15, -0.1) is 0 Å². The van der Waals surface area contributed by atoms with E-state index < -0.39 is 54.3 Å². The lowest BCUT2D eigenvalue weighted by Gasteiger charge is -2.38. The van der Waals surface area contributed by atoms with Crippen LogP contribution in [0.2, 0.25) is 0 Å². The third kappa shape index (κ3) is 4.37. The predicted molar refractivity (Wildman–Crippen MR) is 91.3 cm³/mol. The van der Waals surface area contributed by atoms with Gasteiger partial charge in [0.25, 0.3) is 0 Å². The van der Waals surface area contributed by atoms with Crippen molar-refractivity contribution in [2.75, 3.05) is 0 Å². The summed E-state index contributed by atoms with van der Waals surface area (Å²) in [5.41, 5.74) is 8.85. The number of carbonyl (C=O) groups excluding carboxylic acids is 1. The van der Waals surface area contributed by atoms with Crippen LogP contribution < -0.4 is 0 Å². The normalized spacial score (nSPS) is 37.2. The first-order valence-electron chi connectivity index (χ1n) is 9.13. The lowest BCUT2D eigenvalue weighted by molar-refractivity contribution is -0.236. The zero-order valence-electron chi connectivity index (χ0n) is 16.4. The largest absolute Gasteiger partial charge is 0.463 e. The molecule has 0 amide bonds. The van der Waals surface area contributed by atoms with Crippen LogP contribution >= 0.6 is 0 Å². The molecule has 0 radical (unpaired) electrons. The van der Waals surface area contributed by atoms with Gasteiger partial charge in [-0.1, -0.05) is 5.11 Å². The number of fused-ring (bicyclic) bond motifs is 3. The van der Waals surface area contributed by atoms with Crippen LogP contribution in [0.15, 0.2) is 5.11 Å². The highest BCUT2D eigenvalue weighted by atomic mass is 16.9. The summed E-state index contributed by atoms with van der Waals surface area (Å²) < 4.78 is 35.0. The Morgan fingerprint density at radius 2 is 1.67 bits per heavy atom. The summed E-state index contributed by atoms with van der Waals surface area (Å²) >= 11 is 0. The van der Waals surface area contributed by atoms with Gasteiger partial charge >= 0.3 is 5.97 Å². The van der Waals surface area contributed by atoms with Gasteiger partial charge in [-0.3, -0.25) is 4.79 Å². The van der Waals surface area contributed by atoms with Gasteiger partial charge in [0.15, 0.2) is 17.9 Å². The highest BCUT2D eigenvalue weighted by molar-refractivity contribution is 5.76. The van der Waals surface area contributed by atoms with Gasteiger partial charge in [0.1, 0.15) is 24.4 Å². The molecule has 0 unspecified atom stereocenters. The SMILES string of the molecule is CC(C)OC(=O)[C@@H](C[C@H]1O[C@@H]2OC(C)(C)O[C@@H]2[C@H]2OC(C)(C)O[C@H]21)N=[N+]=[N-]. The van der Waals surface area contributed by atoms with E-state index in [1.807, 2.05) is 0 Å². The Bertz CT molecular complexity index is 632. The Hall–Kier alpha value is -1.42. The summed E-state index contributed by atoms with van der Waals surface area (Å²) in [4.78, 5) is 15.1.